The minimum atomic E-state index is -0.591. The van der Waals surface area contributed by atoms with Crippen LogP contribution in [0.25, 0.3) is 0 Å². The fourth-order valence-corrected chi connectivity index (χ4v) is 3.81. The molecule has 1 aliphatic rings. The first-order valence-corrected chi connectivity index (χ1v) is 10.3. The van der Waals surface area contributed by atoms with Gasteiger partial charge in [-0.3, -0.25) is 9.59 Å². The molecule has 1 aliphatic heterocycles. The summed E-state index contributed by atoms with van der Waals surface area (Å²) in [4.78, 5) is 28.0. The standard InChI is InChI=1S/C23H30N4O2/c1-26(2)20-12-10-19(11-13-20)21(27-14-6-7-15-27)17-25-23(29)22(28)24-16-18-8-4-3-5-9-18/h3-5,8-13,21H,6-7,14-17H2,1-2H3,(H,24,28)(H,25,29)/p+1/t21-/m1/s1. The number of anilines is 1. The van der Waals surface area contributed by atoms with Gasteiger partial charge in [0, 0.05) is 44.7 Å². The molecule has 1 fully saturated rings. The molecule has 0 radical (unpaired) electrons. The van der Waals surface area contributed by atoms with Crippen molar-refractivity contribution in [3.8, 4) is 0 Å². The van der Waals surface area contributed by atoms with E-state index in [0.717, 1.165) is 24.3 Å². The number of nitrogens with zero attached hydrogens (tertiary/aromatic N) is 1. The lowest BCUT2D eigenvalue weighted by atomic mass is 10.0. The van der Waals surface area contributed by atoms with Crippen molar-refractivity contribution in [3.63, 3.8) is 0 Å². The molecule has 29 heavy (non-hydrogen) atoms. The topological polar surface area (TPSA) is 65.9 Å². The second kappa shape index (κ2) is 10.1. The van der Waals surface area contributed by atoms with E-state index in [0.29, 0.717) is 13.1 Å². The minimum absolute atomic E-state index is 0.152. The van der Waals surface area contributed by atoms with Crippen molar-refractivity contribution in [2.45, 2.75) is 25.4 Å². The Hall–Kier alpha value is -2.86. The van der Waals surface area contributed by atoms with Crippen LogP contribution in [-0.2, 0) is 16.1 Å². The number of nitrogens with one attached hydrogen (secondary N) is 3. The lowest BCUT2D eigenvalue weighted by molar-refractivity contribution is -0.918. The maximum atomic E-state index is 12.3. The van der Waals surface area contributed by atoms with Crippen LogP contribution in [-0.4, -0.2) is 45.5 Å². The van der Waals surface area contributed by atoms with Gasteiger partial charge in [0.2, 0.25) is 0 Å². The largest absolute Gasteiger partial charge is 0.378 e. The van der Waals surface area contributed by atoms with Gasteiger partial charge in [-0.1, -0.05) is 42.5 Å². The van der Waals surface area contributed by atoms with Crippen LogP contribution in [0.15, 0.2) is 54.6 Å². The highest BCUT2D eigenvalue weighted by atomic mass is 16.2. The highest BCUT2D eigenvalue weighted by Crippen LogP contribution is 2.17. The number of likely N-dealkylation sites (tertiary alicyclic amines) is 1. The van der Waals surface area contributed by atoms with Crippen LogP contribution in [0.4, 0.5) is 5.69 Å². The Morgan fingerprint density at radius 2 is 1.55 bits per heavy atom. The summed E-state index contributed by atoms with van der Waals surface area (Å²) in [6.45, 7) is 2.99. The summed E-state index contributed by atoms with van der Waals surface area (Å²) in [7, 11) is 4.04. The summed E-state index contributed by atoms with van der Waals surface area (Å²) in [6, 6.07) is 18.2. The van der Waals surface area contributed by atoms with Crippen molar-refractivity contribution in [1.82, 2.24) is 10.6 Å². The molecule has 6 nitrogen and oxygen atoms in total. The smallest absolute Gasteiger partial charge is 0.309 e. The van der Waals surface area contributed by atoms with Gasteiger partial charge in [-0.05, 0) is 17.7 Å². The van der Waals surface area contributed by atoms with Gasteiger partial charge in [0.25, 0.3) is 0 Å². The molecule has 2 aromatic rings. The number of hydrogen-bond donors (Lipinski definition) is 3. The Morgan fingerprint density at radius 3 is 2.17 bits per heavy atom. The van der Waals surface area contributed by atoms with Gasteiger partial charge < -0.3 is 20.4 Å². The average molecular weight is 396 g/mol. The van der Waals surface area contributed by atoms with Crippen molar-refractivity contribution in [1.29, 1.82) is 0 Å². The maximum Gasteiger partial charge on any atom is 0.309 e. The summed E-state index contributed by atoms with van der Waals surface area (Å²) in [5.41, 5.74) is 3.31. The third-order valence-electron chi connectivity index (χ3n) is 5.52. The molecule has 154 valence electrons. The van der Waals surface area contributed by atoms with Gasteiger partial charge >= 0.3 is 11.8 Å². The van der Waals surface area contributed by atoms with E-state index in [1.807, 2.05) is 44.4 Å². The molecule has 1 atom stereocenters. The lowest BCUT2D eigenvalue weighted by Gasteiger charge is -2.25. The first-order valence-electron chi connectivity index (χ1n) is 10.3. The second-order valence-corrected chi connectivity index (χ2v) is 7.78. The zero-order valence-corrected chi connectivity index (χ0v) is 17.3. The van der Waals surface area contributed by atoms with Crippen molar-refractivity contribution in [2.24, 2.45) is 0 Å². The van der Waals surface area contributed by atoms with Crippen LogP contribution in [0.3, 0.4) is 0 Å². The van der Waals surface area contributed by atoms with Gasteiger partial charge in [0.1, 0.15) is 6.04 Å². The average Bonchev–Trinajstić information content (AvgIpc) is 3.27. The fraction of sp³-hybridized carbons (Fsp3) is 0.391. The molecule has 3 N–H and O–H groups in total. The molecular weight excluding hydrogens is 364 g/mol. The Bertz CT molecular complexity index is 799. The maximum absolute atomic E-state index is 12.3. The quantitative estimate of drug-likeness (QED) is 0.611. The van der Waals surface area contributed by atoms with Crippen LogP contribution in [0.2, 0.25) is 0 Å². The zero-order valence-electron chi connectivity index (χ0n) is 17.3. The third-order valence-corrected chi connectivity index (χ3v) is 5.52. The van der Waals surface area contributed by atoms with Gasteiger partial charge in [-0.25, -0.2) is 0 Å². The van der Waals surface area contributed by atoms with E-state index < -0.39 is 11.8 Å². The molecule has 1 saturated heterocycles. The number of rotatable bonds is 7. The fourth-order valence-electron chi connectivity index (χ4n) is 3.81. The minimum Gasteiger partial charge on any atom is -0.378 e. The van der Waals surface area contributed by atoms with Gasteiger partial charge in [-0.15, -0.1) is 0 Å². The highest BCUT2D eigenvalue weighted by Gasteiger charge is 2.28. The molecule has 0 aliphatic carbocycles. The first kappa shape index (κ1) is 20.9. The molecule has 6 heteroatoms. The second-order valence-electron chi connectivity index (χ2n) is 7.78. The molecule has 0 spiro atoms. The summed E-state index contributed by atoms with van der Waals surface area (Å²) >= 11 is 0. The zero-order chi connectivity index (χ0) is 20.6. The van der Waals surface area contributed by atoms with Crippen molar-refractivity contribution in [3.05, 3.63) is 65.7 Å². The molecule has 2 aromatic carbocycles. The lowest BCUT2D eigenvalue weighted by Crippen LogP contribution is -3.11. The number of quaternary nitrogens is 1. The molecule has 0 saturated carbocycles. The molecule has 0 aromatic heterocycles. The summed E-state index contributed by atoms with van der Waals surface area (Å²) in [5, 5.41) is 5.54. The Labute approximate surface area is 172 Å². The first-order chi connectivity index (χ1) is 14.0. The van der Waals surface area contributed by atoms with E-state index in [-0.39, 0.29) is 6.04 Å². The van der Waals surface area contributed by atoms with Gasteiger partial charge in [0.15, 0.2) is 0 Å². The van der Waals surface area contributed by atoms with E-state index in [1.165, 1.54) is 23.3 Å². The van der Waals surface area contributed by atoms with Crippen LogP contribution >= 0.6 is 0 Å². The third kappa shape index (κ3) is 5.81. The summed E-state index contributed by atoms with van der Waals surface area (Å²) in [5.74, 6) is -1.17. The summed E-state index contributed by atoms with van der Waals surface area (Å²) in [6.07, 6.45) is 2.40. The highest BCUT2D eigenvalue weighted by molar-refractivity contribution is 6.35. The Kier molecular flexibility index (Phi) is 7.25. The van der Waals surface area contributed by atoms with Crippen molar-refractivity contribution < 1.29 is 14.5 Å². The van der Waals surface area contributed by atoms with E-state index in [9.17, 15) is 9.59 Å². The van der Waals surface area contributed by atoms with E-state index in [4.69, 9.17) is 0 Å². The van der Waals surface area contributed by atoms with E-state index >= 15 is 0 Å². The predicted octanol–water partition coefficient (Wildman–Crippen LogP) is 0.905. The monoisotopic (exact) mass is 395 g/mol. The number of carbonyl (C=O) groups excluding carboxylic acids is 2. The molecule has 2 amide bonds. The molecular formula is C23H31N4O2+. The van der Waals surface area contributed by atoms with Crippen molar-refractivity contribution >= 4 is 17.5 Å². The summed E-state index contributed by atoms with van der Waals surface area (Å²) < 4.78 is 0. The number of hydrogen-bond acceptors (Lipinski definition) is 3. The normalized spacial score (nSPS) is 15.0. The SMILES string of the molecule is CN(C)c1ccc([C@@H](CNC(=O)C(=O)NCc2ccccc2)[NH+]2CCCC2)cc1. The van der Waals surface area contributed by atoms with Crippen LogP contribution < -0.4 is 20.4 Å². The number of carbonyl (C=O) groups is 2. The number of amides is 2. The van der Waals surface area contributed by atoms with Crippen molar-refractivity contribution in [2.75, 3.05) is 38.6 Å². The number of benzene rings is 2. The van der Waals surface area contributed by atoms with E-state index in [2.05, 4.69) is 39.8 Å². The van der Waals surface area contributed by atoms with Gasteiger partial charge in [0.05, 0.1) is 19.6 Å². The molecule has 1 heterocycles. The Balaban J connectivity index is 1.59. The Morgan fingerprint density at radius 1 is 0.931 bits per heavy atom. The predicted molar refractivity (Wildman–Crippen MR) is 115 cm³/mol. The van der Waals surface area contributed by atoms with Crippen LogP contribution in [0, 0.1) is 0 Å². The van der Waals surface area contributed by atoms with Gasteiger partial charge in [-0.2, -0.15) is 0 Å². The molecule has 0 bridgehead atoms. The van der Waals surface area contributed by atoms with E-state index in [1.54, 1.807) is 0 Å². The molecule has 3 rings (SSSR count). The van der Waals surface area contributed by atoms with Crippen LogP contribution in [0.1, 0.15) is 30.0 Å². The van der Waals surface area contributed by atoms with Crippen LogP contribution in [0.5, 0.6) is 0 Å². The molecule has 0 unspecified atom stereocenters.